The molecule has 1 aromatic carbocycles. The first-order chi connectivity index (χ1) is 9.96. The fourth-order valence-corrected chi connectivity index (χ4v) is 3.33. The second kappa shape index (κ2) is 7.27. The Morgan fingerprint density at radius 3 is 2.76 bits per heavy atom. The van der Waals surface area contributed by atoms with Crippen LogP contribution in [0.15, 0.2) is 24.3 Å². The number of rotatable bonds is 4. The van der Waals surface area contributed by atoms with Gasteiger partial charge in [-0.3, -0.25) is 4.79 Å². The van der Waals surface area contributed by atoms with Gasteiger partial charge in [0.05, 0.1) is 11.4 Å². The molecular weight excluding hydrogens is 289 g/mol. The largest absolute Gasteiger partial charge is 0.390 e. The summed E-state index contributed by atoms with van der Waals surface area (Å²) in [5.74, 6) is 1.02. The molecule has 116 valence electrons. The average molecular weight is 311 g/mol. The third-order valence-corrected chi connectivity index (χ3v) is 4.81. The van der Waals surface area contributed by atoms with Gasteiger partial charge in [0, 0.05) is 18.8 Å². The van der Waals surface area contributed by atoms with E-state index >= 15 is 0 Å². The van der Waals surface area contributed by atoms with E-state index < -0.39 is 5.60 Å². The van der Waals surface area contributed by atoms with Gasteiger partial charge in [-0.25, -0.2) is 4.39 Å². The van der Waals surface area contributed by atoms with Gasteiger partial charge >= 0.3 is 0 Å². The maximum absolute atomic E-state index is 12.8. The smallest absolute Gasteiger partial charge is 0.232 e. The van der Waals surface area contributed by atoms with E-state index in [0.29, 0.717) is 24.5 Å². The molecule has 1 N–H and O–H groups in total. The van der Waals surface area contributed by atoms with Crippen molar-refractivity contribution >= 4 is 17.7 Å². The van der Waals surface area contributed by atoms with Crippen LogP contribution in [0.5, 0.6) is 0 Å². The normalized spacial score (nSPS) is 22.9. The number of halogens is 1. The predicted octanol–water partition coefficient (Wildman–Crippen LogP) is 2.82. The summed E-state index contributed by atoms with van der Waals surface area (Å²) in [4.78, 5) is 14.0. The van der Waals surface area contributed by atoms with Crippen molar-refractivity contribution in [3.8, 4) is 0 Å². The Kier molecular flexibility index (Phi) is 5.65. The fraction of sp³-hybridized carbons (Fsp3) is 0.562. The van der Waals surface area contributed by atoms with Gasteiger partial charge in [0.25, 0.3) is 0 Å². The minimum absolute atomic E-state index is 0.125. The quantitative estimate of drug-likeness (QED) is 0.929. The number of aliphatic hydroxyl groups is 1. The van der Waals surface area contributed by atoms with Gasteiger partial charge in [0.2, 0.25) is 5.91 Å². The van der Waals surface area contributed by atoms with Crippen LogP contribution in [-0.4, -0.2) is 40.4 Å². The van der Waals surface area contributed by atoms with Crippen LogP contribution in [0, 0.1) is 5.82 Å². The maximum atomic E-state index is 12.8. The van der Waals surface area contributed by atoms with Crippen molar-refractivity contribution in [2.75, 3.05) is 18.8 Å². The number of amides is 1. The Hall–Kier alpha value is -1.07. The molecule has 1 saturated heterocycles. The van der Waals surface area contributed by atoms with Crippen molar-refractivity contribution in [3.63, 3.8) is 0 Å². The van der Waals surface area contributed by atoms with E-state index in [-0.39, 0.29) is 11.7 Å². The summed E-state index contributed by atoms with van der Waals surface area (Å²) >= 11 is 1.54. The number of benzene rings is 1. The average Bonchev–Trinajstić information content (AvgIpc) is 2.62. The number of thioether (sulfide) groups is 1. The van der Waals surface area contributed by atoms with Crippen molar-refractivity contribution < 1.29 is 14.3 Å². The topological polar surface area (TPSA) is 40.5 Å². The second-order valence-electron chi connectivity index (χ2n) is 5.85. The van der Waals surface area contributed by atoms with E-state index in [1.165, 1.54) is 12.1 Å². The Morgan fingerprint density at radius 1 is 1.33 bits per heavy atom. The molecule has 1 aliphatic rings. The second-order valence-corrected chi connectivity index (χ2v) is 6.84. The lowest BCUT2D eigenvalue weighted by Gasteiger charge is -2.22. The standard InChI is InChI=1S/C16H22FNO2S/c1-16(20)7-2-9-18(10-8-16)15(19)12-21-11-13-3-5-14(17)6-4-13/h3-6,20H,2,7-12H2,1H3. The molecule has 0 bridgehead atoms. The minimum atomic E-state index is -0.643. The van der Waals surface area contributed by atoms with Gasteiger partial charge in [-0.05, 0) is 43.9 Å². The molecule has 0 spiro atoms. The van der Waals surface area contributed by atoms with Crippen LogP contribution >= 0.6 is 11.8 Å². The molecule has 2 rings (SSSR count). The van der Waals surface area contributed by atoms with Crippen molar-refractivity contribution in [2.24, 2.45) is 0 Å². The van der Waals surface area contributed by atoms with Crippen LogP contribution in [-0.2, 0) is 10.5 Å². The molecule has 1 heterocycles. The zero-order valence-corrected chi connectivity index (χ0v) is 13.2. The summed E-state index contributed by atoms with van der Waals surface area (Å²) < 4.78 is 12.8. The number of hydrogen-bond donors (Lipinski definition) is 1. The zero-order chi connectivity index (χ0) is 15.3. The van der Waals surface area contributed by atoms with E-state index in [1.807, 2.05) is 11.8 Å². The van der Waals surface area contributed by atoms with Crippen LogP contribution in [0.4, 0.5) is 4.39 Å². The predicted molar refractivity (Wildman–Crippen MR) is 83.6 cm³/mol. The fourth-order valence-electron chi connectivity index (χ4n) is 2.44. The number of nitrogens with zero attached hydrogens (tertiary/aromatic N) is 1. The summed E-state index contributed by atoms with van der Waals surface area (Å²) in [6.45, 7) is 3.19. The van der Waals surface area contributed by atoms with E-state index in [0.717, 1.165) is 24.9 Å². The van der Waals surface area contributed by atoms with Crippen molar-refractivity contribution in [1.82, 2.24) is 4.90 Å². The highest BCUT2D eigenvalue weighted by molar-refractivity contribution is 7.99. The molecule has 1 atom stereocenters. The summed E-state index contributed by atoms with van der Waals surface area (Å²) in [5.41, 5.74) is 0.379. The molecule has 3 nitrogen and oxygen atoms in total. The van der Waals surface area contributed by atoms with Crippen LogP contribution in [0.25, 0.3) is 0 Å². The first-order valence-corrected chi connectivity index (χ1v) is 8.44. The van der Waals surface area contributed by atoms with Crippen LogP contribution < -0.4 is 0 Å². The van der Waals surface area contributed by atoms with Gasteiger partial charge in [0.1, 0.15) is 5.82 Å². The Labute approximate surface area is 129 Å². The number of carbonyl (C=O) groups excluding carboxylic acids is 1. The van der Waals surface area contributed by atoms with E-state index in [9.17, 15) is 14.3 Å². The number of likely N-dealkylation sites (tertiary alicyclic amines) is 1. The van der Waals surface area contributed by atoms with E-state index in [2.05, 4.69) is 0 Å². The summed E-state index contributed by atoms with van der Waals surface area (Å²) in [5, 5.41) is 10.0. The van der Waals surface area contributed by atoms with Crippen LogP contribution in [0.2, 0.25) is 0 Å². The molecule has 21 heavy (non-hydrogen) atoms. The molecule has 1 aliphatic heterocycles. The summed E-state index contributed by atoms with van der Waals surface area (Å²) in [6.07, 6.45) is 2.24. The van der Waals surface area contributed by atoms with Gasteiger partial charge in [-0.15, -0.1) is 11.8 Å². The highest BCUT2D eigenvalue weighted by atomic mass is 32.2. The minimum Gasteiger partial charge on any atom is -0.390 e. The van der Waals surface area contributed by atoms with Crippen molar-refractivity contribution in [1.29, 1.82) is 0 Å². The Bertz CT molecular complexity index is 476. The van der Waals surface area contributed by atoms with Gasteiger partial charge in [0.15, 0.2) is 0 Å². The SMILES string of the molecule is CC1(O)CCCN(C(=O)CSCc2ccc(F)cc2)CC1. The van der Waals surface area contributed by atoms with Crippen LogP contribution in [0.3, 0.4) is 0 Å². The molecule has 0 radical (unpaired) electrons. The Morgan fingerprint density at radius 2 is 2.05 bits per heavy atom. The third kappa shape index (κ3) is 5.32. The molecule has 1 unspecified atom stereocenters. The maximum Gasteiger partial charge on any atom is 0.232 e. The monoisotopic (exact) mass is 311 g/mol. The van der Waals surface area contributed by atoms with Gasteiger partial charge in [-0.1, -0.05) is 12.1 Å². The zero-order valence-electron chi connectivity index (χ0n) is 12.3. The summed E-state index contributed by atoms with van der Waals surface area (Å²) in [6, 6.07) is 6.37. The lowest BCUT2D eigenvalue weighted by atomic mass is 9.98. The highest BCUT2D eigenvalue weighted by Crippen LogP contribution is 2.22. The first-order valence-electron chi connectivity index (χ1n) is 7.29. The van der Waals surface area contributed by atoms with E-state index in [1.54, 1.807) is 23.9 Å². The number of carbonyl (C=O) groups is 1. The molecule has 0 saturated carbocycles. The molecule has 0 aromatic heterocycles. The van der Waals surface area contributed by atoms with E-state index in [4.69, 9.17) is 0 Å². The molecule has 0 aliphatic carbocycles. The molecule has 1 fully saturated rings. The third-order valence-electron chi connectivity index (χ3n) is 3.82. The van der Waals surface area contributed by atoms with Crippen molar-refractivity contribution in [3.05, 3.63) is 35.6 Å². The molecule has 5 heteroatoms. The van der Waals surface area contributed by atoms with Crippen LogP contribution in [0.1, 0.15) is 31.7 Å². The first kappa shape index (κ1) is 16.3. The van der Waals surface area contributed by atoms with Gasteiger partial charge in [-0.2, -0.15) is 0 Å². The molecule has 1 aromatic rings. The Balaban J connectivity index is 1.75. The highest BCUT2D eigenvalue weighted by Gasteiger charge is 2.26. The lowest BCUT2D eigenvalue weighted by Crippen LogP contribution is -2.34. The molecule has 1 amide bonds. The number of hydrogen-bond acceptors (Lipinski definition) is 3. The lowest BCUT2D eigenvalue weighted by molar-refractivity contribution is -0.128. The molecular formula is C16H22FNO2S. The van der Waals surface area contributed by atoms with Crippen molar-refractivity contribution in [2.45, 2.75) is 37.5 Å². The summed E-state index contributed by atoms with van der Waals surface area (Å²) in [7, 11) is 0. The van der Waals surface area contributed by atoms with Gasteiger partial charge < -0.3 is 10.0 Å².